The zero-order valence-electron chi connectivity index (χ0n) is 10.8. The smallest absolute Gasteiger partial charge is 0.237 e. The minimum absolute atomic E-state index is 0.206. The predicted octanol–water partition coefficient (Wildman–Crippen LogP) is 1.14. The molecule has 5 heteroatoms. The third-order valence-corrected chi connectivity index (χ3v) is 4.90. The van der Waals surface area contributed by atoms with Gasteiger partial charge in [0.15, 0.2) is 0 Å². The lowest BCUT2D eigenvalue weighted by Crippen LogP contribution is -2.57. The van der Waals surface area contributed by atoms with Crippen molar-refractivity contribution in [1.82, 2.24) is 5.32 Å². The highest BCUT2D eigenvalue weighted by Crippen LogP contribution is 2.35. The Morgan fingerprint density at radius 1 is 1.65 bits per heavy atom. The minimum atomic E-state index is -0.475. The first-order chi connectivity index (χ1) is 8.14. The van der Waals surface area contributed by atoms with Gasteiger partial charge in [-0.1, -0.05) is 0 Å². The van der Waals surface area contributed by atoms with Gasteiger partial charge in [0.05, 0.1) is 5.54 Å². The first-order valence-corrected chi connectivity index (χ1v) is 7.29. The fourth-order valence-electron chi connectivity index (χ4n) is 2.39. The zero-order chi connectivity index (χ0) is 12.7. The van der Waals surface area contributed by atoms with E-state index in [4.69, 9.17) is 10.5 Å². The number of amides is 1. The normalized spacial score (nSPS) is 29.2. The molecule has 100 valence electrons. The van der Waals surface area contributed by atoms with Gasteiger partial charge in [-0.15, -0.1) is 0 Å². The lowest BCUT2D eigenvalue weighted by molar-refractivity contribution is -0.125. The molecule has 0 bridgehead atoms. The molecular weight excluding hydrogens is 236 g/mol. The number of carbonyl (C=O) groups is 1. The molecule has 0 aromatic rings. The minimum Gasteiger partial charge on any atom is -0.385 e. The number of hydrogen-bond acceptors (Lipinski definition) is 4. The molecule has 4 nitrogen and oxygen atoms in total. The van der Waals surface area contributed by atoms with E-state index < -0.39 is 5.54 Å². The topological polar surface area (TPSA) is 64.3 Å². The van der Waals surface area contributed by atoms with Gasteiger partial charge in [0.25, 0.3) is 0 Å². The third-order valence-electron chi connectivity index (χ3n) is 3.50. The number of rotatable bonds is 7. The number of nitrogens with one attached hydrogen (secondary N) is 1. The highest BCUT2D eigenvalue weighted by atomic mass is 32.2. The SMILES string of the molecule is CNC1(C(N)=O)CCCC(SCCCOC)C1. The van der Waals surface area contributed by atoms with Crippen LogP contribution in [0.1, 0.15) is 32.1 Å². The number of primary amides is 1. The zero-order valence-corrected chi connectivity index (χ0v) is 11.6. The Labute approximate surface area is 108 Å². The average molecular weight is 260 g/mol. The van der Waals surface area contributed by atoms with Crippen molar-refractivity contribution in [3.8, 4) is 0 Å². The molecule has 0 radical (unpaired) electrons. The summed E-state index contributed by atoms with van der Waals surface area (Å²) in [4.78, 5) is 11.6. The number of hydrogen-bond donors (Lipinski definition) is 2. The summed E-state index contributed by atoms with van der Waals surface area (Å²) in [6, 6.07) is 0. The molecule has 2 unspecified atom stereocenters. The van der Waals surface area contributed by atoms with E-state index in [0.29, 0.717) is 5.25 Å². The van der Waals surface area contributed by atoms with Crippen molar-refractivity contribution in [2.75, 3.05) is 26.5 Å². The van der Waals surface area contributed by atoms with Crippen molar-refractivity contribution in [2.45, 2.75) is 42.9 Å². The van der Waals surface area contributed by atoms with Gasteiger partial charge in [-0.25, -0.2) is 0 Å². The summed E-state index contributed by atoms with van der Waals surface area (Å²) in [5.74, 6) is 0.888. The van der Waals surface area contributed by atoms with Crippen LogP contribution in [-0.2, 0) is 9.53 Å². The third kappa shape index (κ3) is 4.16. The summed E-state index contributed by atoms with van der Waals surface area (Å²) in [6.45, 7) is 0.812. The summed E-state index contributed by atoms with van der Waals surface area (Å²) < 4.78 is 5.03. The van der Waals surface area contributed by atoms with Crippen LogP contribution in [0.2, 0.25) is 0 Å². The van der Waals surface area contributed by atoms with E-state index in [2.05, 4.69) is 5.32 Å². The molecule has 0 heterocycles. The van der Waals surface area contributed by atoms with Gasteiger partial charge in [0, 0.05) is 19.0 Å². The molecule has 17 heavy (non-hydrogen) atoms. The van der Waals surface area contributed by atoms with Crippen molar-refractivity contribution >= 4 is 17.7 Å². The fraction of sp³-hybridized carbons (Fsp3) is 0.917. The van der Waals surface area contributed by atoms with Crippen molar-refractivity contribution < 1.29 is 9.53 Å². The van der Waals surface area contributed by atoms with Crippen molar-refractivity contribution in [1.29, 1.82) is 0 Å². The van der Waals surface area contributed by atoms with Crippen LogP contribution in [0.5, 0.6) is 0 Å². The summed E-state index contributed by atoms with van der Waals surface area (Å²) >= 11 is 1.94. The van der Waals surface area contributed by atoms with Crippen LogP contribution >= 0.6 is 11.8 Å². The van der Waals surface area contributed by atoms with Gasteiger partial charge in [0.1, 0.15) is 0 Å². The Kier molecular flexibility index (Phi) is 6.30. The average Bonchev–Trinajstić information content (AvgIpc) is 2.34. The Balaban J connectivity index is 2.40. The van der Waals surface area contributed by atoms with E-state index in [1.54, 1.807) is 7.11 Å². The van der Waals surface area contributed by atoms with E-state index >= 15 is 0 Å². The number of nitrogens with two attached hydrogens (primary N) is 1. The van der Waals surface area contributed by atoms with Crippen LogP contribution in [0.3, 0.4) is 0 Å². The van der Waals surface area contributed by atoms with E-state index in [9.17, 15) is 4.79 Å². The van der Waals surface area contributed by atoms with Gasteiger partial charge in [-0.3, -0.25) is 4.79 Å². The highest BCUT2D eigenvalue weighted by molar-refractivity contribution is 7.99. The van der Waals surface area contributed by atoms with Gasteiger partial charge >= 0.3 is 0 Å². The summed E-state index contributed by atoms with van der Waals surface area (Å²) in [5.41, 5.74) is 5.05. The maximum atomic E-state index is 11.6. The molecule has 1 aliphatic rings. The molecule has 0 aliphatic heterocycles. The predicted molar refractivity (Wildman–Crippen MR) is 72.2 cm³/mol. The molecule has 0 aromatic heterocycles. The van der Waals surface area contributed by atoms with E-state index in [-0.39, 0.29) is 5.91 Å². The van der Waals surface area contributed by atoms with Crippen LogP contribution < -0.4 is 11.1 Å². The first-order valence-electron chi connectivity index (χ1n) is 6.24. The Hall–Kier alpha value is -0.260. The summed E-state index contributed by atoms with van der Waals surface area (Å²) in [7, 11) is 3.56. The number of ether oxygens (including phenoxy) is 1. The quantitative estimate of drug-likeness (QED) is 0.674. The van der Waals surface area contributed by atoms with Gasteiger partial charge < -0.3 is 15.8 Å². The molecule has 3 N–H and O–H groups in total. The second kappa shape index (κ2) is 7.24. The molecule has 1 rings (SSSR count). The second-order valence-electron chi connectivity index (χ2n) is 4.63. The van der Waals surface area contributed by atoms with Crippen LogP contribution in [-0.4, -0.2) is 43.2 Å². The van der Waals surface area contributed by atoms with Crippen molar-refractivity contribution in [3.63, 3.8) is 0 Å². The molecule has 1 amide bonds. The Morgan fingerprint density at radius 2 is 2.41 bits per heavy atom. The van der Waals surface area contributed by atoms with Crippen molar-refractivity contribution in [2.24, 2.45) is 5.73 Å². The van der Waals surface area contributed by atoms with E-state index in [0.717, 1.165) is 38.0 Å². The standard InChI is InChI=1S/C12H24N2O2S/c1-14-12(11(13)15)6-3-5-10(9-12)17-8-4-7-16-2/h10,14H,3-9H2,1-2H3,(H2,13,15). The second-order valence-corrected chi connectivity index (χ2v) is 6.04. The fourth-order valence-corrected chi connectivity index (χ4v) is 3.75. The maximum Gasteiger partial charge on any atom is 0.237 e. The maximum absolute atomic E-state index is 11.6. The summed E-state index contributed by atoms with van der Waals surface area (Å²) in [5, 5.41) is 3.68. The van der Waals surface area contributed by atoms with Gasteiger partial charge in [-0.05, 0) is 44.9 Å². The molecule has 0 spiro atoms. The number of methoxy groups -OCH3 is 1. The molecule has 2 atom stereocenters. The van der Waals surface area contributed by atoms with Crippen LogP contribution in [0, 0.1) is 0 Å². The number of likely N-dealkylation sites (N-methyl/N-ethyl adjacent to an activating group) is 1. The van der Waals surface area contributed by atoms with Gasteiger partial charge in [-0.2, -0.15) is 11.8 Å². The molecule has 1 fully saturated rings. The Morgan fingerprint density at radius 3 is 3.00 bits per heavy atom. The van der Waals surface area contributed by atoms with Crippen LogP contribution in [0.15, 0.2) is 0 Å². The molecular formula is C12H24N2O2S. The molecule has 1 saturated carbocycles. The molecule has 1 aliphatic carbocycles. The van der Waals surface area contributed by atoms with E-state index in [1.807, 2.05) is 18.8 Å². The van der Waals surface area contributed by atoms with Gasteiger partial charge in [0.2, 0.25) is 5.91 Å². The Bertz CT molecular complexity index is 251. The van der Waals surface area contributed by atoms with E-state index in [1.165, 1.54) is 6.42 Å². The molecule has 0 aromatic carbocycles. The summed E-state index contributed by atoms with van der Waals surface area (Å²) in [6.07, 6.45) is 5.06. The van der Waals surface area contributed by atoms with Crippen LogP contribution in [0.4, 0.5) is 0 Å². The number of carbonyl (C=O) groups excluding carboxylic acids is 1. The highest BCUT2D eigenvalue weighted by Gasteiger charge is 2.39. The molecule has 0 saturated heterocycles. The number of thioether (sulfide) groups is 1. The lowest BCUT2D eigenvalue weighted by Gasteiger charge is -2.38. The van der Waals surface area contributed by atoms with Crippen molar-refractivity contribution in [3.05, 3.63) is 0 Å². The first kappa shape index (κ1) is 14.8. The largest absolute Gasteiger partial charge is 0.385 e. The monoisotopic (exact) mass is 260 g/mol. The van der Waals surface area contributed by atoms with Crippen LogP contribution in [0.25, 0.3) is 0 Å². The lowest BCUT2D eigenvalue weighted by atomic mass is 9.81.